The molecule has 0 spiro atoms. The van der Waals surface area contributed by atoms with Crippen molar-refractivity contribution in [2.75, 3.05) is 24.8 Å². The molecule has 3 atom stereocenters. The summed E-state index contributed by atoms with van der Waals surface area (Å²) >= 11 is 1.23. The summed E-state index contributed by atoms with van der Waals surface area (Å²) < 4.78 is 34.1. The number of nitrogen functional groups attached to an aromatic ring is 1. The summed E-state index contributed by atoms with van der Waals surface area (Å²) in [4.78, 5) is 17.9. The molecule has 28 heavy (non-hydrogen) atoms. The summed E-state index contributed by atoms with van der Waals surface area (Å²) in [5.74, 6) is -0.570. The van der Waals surface area contributed by atoms with Crippen LogP contribution in [-0.2, 0) is 10.3 Å². The Morgan fingerprint density at radius 3 is 2.82 bits per heavy atom. The number of carbonyl (C=O) groups is 1. The lowest BCUT2D eigenvalue weighted by Gasteiger charge is -2.49. The van der Waals surface area contributed by atoms with Gasteiger partial charge in [0.15, 0.2) is 5.17 Å². The van der Waals surface area contributed by atoms with Crippen LogP contribution in [0.15, 0.2) is 23.2 Å². The Bertz CT molecular complexity index is 799. The number of rotatable bonds is 2. The molecule has 3 rings (SSSR count). The van der Waals surface area contributed by atoms with Crippen molar-refractivity contribution in [2.45, 2.75) is 44.4 Å². The number of anilines is 1. The average molecular weight is 413 g/mol. The van der Waals surface area contributed by atoms with Crippen molar-refractivity contribution in [1.82, 2.24) is 4.90 Å². The number of alkyl halides is 1. The lowest BCUT2D eigenvalue weighted by Crippen LogP contribution is -2.55. The van der Waals surface area contributed by atoms with Gasteiger partial charge in [0.25, 0.3) is 0 Å². The van der Waals surface area contributed by atoms with E-state index in [1.54, 1.807) is 20.8 Å². The van der Waals surface area contributed by atoms with E-state index >= 15 is 0 Å². The van der Waals surface area contributed by atoms with Crippen LogP contribution in [0.25, 0.3) is 0 Å². The largest absolute Gasteiger partial charge is 0.465 e. The number of hydrogen-bond acceptors (Lipinski definition) is 5. The molecule has 9 heteroatoms. The van der Waals surface area contributed by atoms with Crippen LogP contribution < -0.4 is 5.73 Å². The second-order valence-electron chi connectivity index (χ2n) is 8.08. The summed E-state index contributed by atoms with van der Waals surface area (Å²) in [6.45, 7) is 4.77. The standard InChI is InChI=1S/C19H25F2N3O3S/c1-18(2,3)24(17(25)26)16-23-19(12-8-11(22)4-5-14(12)21)6-7-27-15(9-20)13(19)10-28-16/h4-5,8,13,15H,6-7,9-10,22H2,1-3H3,(H,25,26)/t13-,15+,19+/m1/s1. The number of fused-ring (bicyclic) bond motifs is 1. The molecule has 1 saturated heterocycles. The van der Waals surface area contributed by atoms with Crippen molar-refractivity contribution in [1.29, 1.82) is 0 Å². The Kier molecular flexibility index (Phi) is 5.60. The topological polar surface area (TPSA) is 88.2 Å². The molecule has 2 aliphatic rings. The SMILES string of the molecule is CC(C)(C)N(C(=O)O)C1=N[C@]2(c3cc(N)ccc3F)CCO[C@@H](CF)[C@H]2CS1. The molecule has 1 aromatic carbocycles. The molecule has 0 radical (unpaired) electrons. The van der Waals surface area contributed by atoms with Gasteiger partial charge in [0.1, 0.15) is 12.5 Å². The molecule has 0 saturated carbocycles. The van der Waals surface area contributed by atoms with Crippen LogP contribution in [0.1, 0.15) is 32.8 Å². The number of ether oxygens (including phenoxy) is 1. The Morgan fingerprint density at radius 2 is 2.21 bits per heavy atom. The van der Waals surface area contributed by atoms with Gasteiger partial charge in [0.05, 0.1) is 11.6 Å². The van der Waals surface area contributed by atoms with E-state index in [0.717, 1.165) is 0 Å². The molecule has 2 aliphatic heterocycles. The molecule has 3 N–H and O–H groups in total. The van der Waals surface area contributed by atoms with Crippen LogP contribution in [0.3, 0.4) is 0 Å². The maximum absolute atomic E-state index is 14.9. The van der Waals surface area contributed by atoms with Gasteiger partial charge in [-0.15, -0.1) is 0 Å². The van der Waals surface area contributed by atoms with E-state index in [2.05, 4.69) is 0 Å². The third kappa shape index (κ3) is 3.57. The zero-order valence-electron chi connectivity index (χ0n) is 16.1. The first-order valence-corrected chi connectivity index (χ1v) is 10.1. The van der Waals surface area contributed by atoms with Gasteiger partial charge < -0.3 is 15.6 Å². The fourth-order valence-corrected chi connectivity index (χ4v) is 5.45. The van der Waals surface area contributed by atoms with Gasteiger partial charge >= 0.3 is 6.09 Å². The van der Waals surface area contributed by atoms with Crippen molar-refractivity contribution < 1.29 is 23.4 Å². The number of thioether (sulfide) groups is 1. The number of hydrogen-bond donors (Lipinski definition) is 2. The minimum Gasteiger partial charge on any atom is -0.465 e. The van der Waals surface area contributed by atoms with Crippen molar-refractivity contribution >= 4 is 28.7 Å². The number of amides is 1. The monoisotopic (exact) mass is 413 g/mol. The zero-order valence-corrected chi connectivity index (χ0v) is 16.9. The van der Waals surface area contributed by atoms with E-state index in [0.29, 0.717) is 17.9 Å². The molecule has 0 aromatic heterocycles. The van der Waals surface area contributed by atoms with Gasteiger partial charge in [-0.05, 0) is 39.0 Å². The third-order valence-electron chi connectivity index (χ3n) is 5.23. The predicted octanol–water partition coefficient (Wildman–Crippen LogP) is 3.86. The molecule has 154 valence electrons. The molecule has 0 unspecified atom stereocenters. The molecule has 0 aliphatic carbocycles. The van der Waals surface area contributed by atoms with Gasteiger partial charge in [0.2, 0.25) is 0 Å². The van der Waals surface area contributed by atoms with E-state index in [4.69, 9.17) is 15.5 Å². The average Bonchev–Trinajstić information content (AvgIpc) is 2.61. The first kappa shape index (κ1) is 20.9. The van der Waals surface area contributed by atoms with Gasteiger partial charge in [-0.1, -0.05) is 11.8 Å². The summed E-state index contributed by atoms with van der Waals surface area (Å²) in [5.41, 5.74) is 4.65. The van der Waals surface area contributed by atoms with Gasteiger partial charge in [-0.2, -0.15) is 0 Å². The van der Waals surface area contributed by atoms with Crippen molar-refractivity contribution in [3.63, 3.8) is 0 Å². The number of amidine groups is 1. The molecule has 1 aromatic rings. The maximum Gasteiger partial charge on any atom is 0.413 e. The minimum atomic E-state index is -1.14. The Morgan fingerprint density at radius 1 is 1.50 bits per heavy atom. The lowest BCUT2D eigenvalue weighted by molar-refractivity contribution is -0.0718. The number of halogens is 2. The number of benzene rings is 1. The number of aliphatic imine (C=N–C) groups is 1. The molecular weight excluding hydrogens is 388 g/mol. The number of nitrogens with two attached hydrogens (primary N) is 1. The zero-order chi connectivity index (χ0) is 20.7. The lowest BCUT2D eigenvalue weighted by atomic mass is 9.72. The maximum atomic E-state index is 14.9. The highest BCUT2D eigenvalue weighted by Gasteiger charge is 2.52. The van der Waals surface area contributed by atoms with E-state index in [9.17, 15) is 18.7 Å². The van der Waals surface area contributed by atoms with Gasteiger partial charge in [-0.3, -0.25) is 4.90 Å². The smallest absolute Gasteiger partial charge is 0.413 e. The molecular formula is C19H25F2N3O3S. The highest BCUT2D eigenvalue weighted by molar-refractivity contribution is 8.13. The van der Waals surface area contributed by atoms with Gasteiger partial charge in [-0.25, -0.2) is 18.6 Å². The second kappa shape index (κ2) is 7.51. The van der Waals surface area contributed by atoms with E-state index < -0.39 is 41.7 Å². The summed E-state index contributed by atoms with van der Waals surface area (Å²) in [6, 6.07) is 4.24. The normalized spacial score (nSPS) is 27.7. The summed E-state index contributed by atoms with van der Waals surface area (Å²) in [5, 5.41) is 10.0. The van der Waals surface area contributed by atoms with E-state index in [1.807, 2.05) is 0 Å². The highest BCUT2D eigenvalue weighted by atomic mass is 32.2. The first-order chi connectivity index (χ1) is 13.1. The Balaban J connectivity index is 2.21. The van der Waals surface area contributed by atoms with Crippen LogP contribution >= 0.6 is 11.8 Å². The fraction of sp³-hybridized carbons (Fsp3) is 0.579. The van der Waals surface area contributed by atoms with E-state index in [-0.39, 0.29) is 17.3 Å². The molecule has 1 amide bonds. The molecule has 2 heterocycles. The van der Waals surface area contributed by atoms with Crippen LogP contribution in [0.4, 0.5) is 19.3 Å². The molecule has 1 fully saturated rings. The second-order valence-corrected chi connectivity index (χ2v) is 9.06. The van der Waals surface area contributed by atoms with Crippen LogP contribution in [0.2, 0.25) is 0 Å². The van der Waals surface area contributed by atoms with E-state index in [1.165, 1.54) is 34.9 Å². The Labute approximate surface area is 167 Å². The highest BCUT2D eigenvalue weighted by Crippen LogP contribution is 2.50. The number of carboxylic acid groups (broad SMARTS) is 1. The minimum absolute atomic E-state index is 0.198. The van der Waals surface area contributed by atoms with Crippen LogP contribution in [0, 0.1) is 11.7 Å². The van der Waals surface area contributed by atoms with Crippen LogP contribution in [-0.4, -0.2) is 51.9 Å². The quantitative estimate of drug-likeness (QED) is 0.719. The van der Waals surface area contributed by atoms with Crippen molar-refractivity contribution in [3.8, 4) is 0 Å². The van der Waals surface area contributed by atoms with Gasteiger partial charge in [0, 0.05) is 41.5 Å². The summed E-state index contributed by atoms with van der Waals surface area (Å²) in [6.07, 6.45) is -1.56. The van der Waals surface area contributed by atoms with Crippen LogP contribution in [0.5, 0.6) is 0 Å². The van der Waals surface area contributed by atoms with Crippen molar-refractivity contribution in [2.24, 2.45) is 10.9 Å². The fourth-order valence-electron chi connectivity index (χ4n) is 3.92. The summed E-state index contributed by atoms with van der Waals surface area (Å²) in [7, 11) is 0. The number of nitrogens with zero attached hydrogens (tertiary/aromatic N) is 2. The molecule has 6 nitrogen and oxygen atoms in total. The first-order valence-electron chi connectivity index (χ1n) is 9.09. The predicted molar refractivity (Wildman–Crippen MR) is 106 cm³/mol. The van der Waals surface area contributed by atoms with Crippen molar-refractivity contribution in [3.05, 3.63) is 29.6 Å². The third-order valence-corrected chi connectivity index (χ3v) is 6.28. The molecule has 0 bridgehead atoms. The Hall–Kier alpha value is -1.87.